The fourth-order valence-corrected chi connectivity index (χ4v) is 5.69. The molecule has 1 aromatic carbocycles. The molecule has 4 aromatic heterocycles. The monoisotopic (exact) mass is 506 g/mol. The lowest BCUT2D eigenvalue weighted by atomic mass is 10.1. The normalized spacial score (nSPS) is 11.3. The number of aromatic nitrogens is 5. The molecule has 0 aliphatic rings. The van der Waals surface area contributed by atoms with E-state index in [0.717, 1.165) is 20.6 Å². The predicted molar refractivity (Wildman–Crippen MR) is 136 cm³/mol. The molecule has 0 radical (unpaired) electrons. The van der Waals surface area contributed by atoms with E-state index >= 15 is 0 Å². The molecular formula is C24H19ClN6O3S. The fraction of sp³-hybridized carbons (Fsp3) is 0.208. The number of halogens is 1. The van der Waals surface area contributed by atoms with Gasteiger partial charge in [-0.1, -0.05) is 11.6 Å². The average Bonchev–Trinajstić information content (AvgIpc) is 3.44. The van der Waals surface area contributed by atoms with E-state index in [9.17, 15) is 14.9 Å². The van der Waals surface area contributed by atoms with Crippen LogP contribution in [0.15, 0.2) is 46.4 Å². The highest BCUT2D eigenvalue weighted by Gasteiger charge is 2.21. The first-order valence-corrected chi connectivity index (χ1v) is 11.8. The Labute approximate surface area is 208 Å². The molecule has 0 unspecified atom stereocenters. The zero-order valence-electron chi connectivity index (χ0n) is 19.1. The van der Waals surface area contributed by atoms with Gasteiger partial charge in [0.05, 0.1) is 53.7 Å². The van der Waals surface area contributed by atoms with E-state index in [4.69, 9.17) is 16.3 Å². The van der Waals surface area contributed by atoms with Crippen LogP contribution in [0.25, 0.3) is 37.2 Å². The van der Waals surface area contributed by atoms with Crippen molar-refractivity contribution in [2.75, 3.05) is 7.11 Å². The summed E-state index contributed by atoms with van der Waals surface area (Å²) in [7, 11) is 3.28. The molecule has 0 N–H and O–H groups in total. The molecule has 0 aliphatic carbocycles. The van der Waals surface area contributed by atoms with Crippen molar-refractivity contribution < 1.29 is 4.74 Å². The van der Waals surface area contributed by atoms with Gasteiger partial charge in [-0.25, -0.2) is 9.36 Å². The molecule has 0 amide bonds. The minimum Gasteiger partial charge on any atom is -0.495 e. The number of hydrogen-bond acceptors (Lipinski definition) is 7. The maximum Gasteiger partial charge on any atom is 0.336 e. The van der Waals surface area contributed by atoms with Gasteiger partial charge in [0.15, 0.2) is 0 Å². The summed E-state index contributed by atoms with van der Waals surface area (Å²) in [6.07, 6.45) is 4.85. The van der Waals surface area contributed by atoms with Gasteiger partial charge in [-0.15, -0.1) is 11.3 Å². The number of methoxy groups -OCH3 is 1. The third-order valence-corrected chi connectivity index (χ3v) is 7.34. The van der Waals surface area contributed by atoms with Gasteiger partial charge >= 0.3 is 5.69 Å². The highest BCUT2D eigenvalue weighted by Crippen LogP contribution is 2.38. The van der Waals surface area contributed by atoms with Crippen molar-refractivity contribution in [2.24, 2.45) is 7.05 Å². The number of fused-ring (bicyclic) bond motifs is 2. The summed E-state index contributed by atoms with van der Waals surface area (Å²) >= 11 is 7.55. The van der Waals surface area contributed by atoms with Crippen LogP contribution >= 0.6 is 22.9 Å². The zero-order chi connectivity index (χ0) is 24.9. The fourth-order valence-electron chi connectivity index (χ4n) is 4.22. The number of aryl methyl sites for hydroxylation is 3. The summed E-state index contributed by atoms with van der Waals surface area (Å²) in [6.45, 7) is 2.06. The lowest BCUT2D eigenvalue weighted by Gasteiger charge is -2.12. The van der Waals surface area contributed by atoms with Crippen molar-refractivity contribution in [3.8, 4) is 27.9 Å². The molecule has 11 heteroatoms. The van der Waals surface area contributed by atoms with Gasteiger partial charge in [0.2, 0.25) is 0 Å². The third-order valence-electron chi connectivity index (χ3n) is 5.90. The molecule has 0 bridgehead atoms. The molecule has 0 saturated heterocycles. The van der Waals surface area contributed by atoms with Crippen molar-refractivity contribution in [1.29, 1.82) is 5.26 Å². The second-order valence-corrected chi connectivity index (χ2v) is 9.43. The molecule has 5 rings (SSSR count). The summed E-state index contributed by atoms with van der Waals surface area (Å²) in [5.41, 5.74) is 2.17. The Hall–Kier alpha value is -3.94. The highest BCUT2D eigenvalue weighted by atomic mass is 35.5. The van der Waals surface area contributed by atoms with E-state index in [1.807, 2.05) is 19.1 Å². The third kappa shape index (κ3) is 3.60. The Bertz CT molecular complexity index is 1790. The Kier molecular flexibility index (Phi) is 5.67. The van der Waals surface area contributed by atoms with E-state index in [1.165, 1.54) is 29.2 Å². The van der Waals surface area contributed by atoms with Gasteiger partial charge in [-0.2, -0.15) is 10.4 Å². The Balaban J connectivity index is 1.86. The topological polar surface area (TPSA) is 108 Å². The SMILES string of the molecule is COc1cc(-c2cc3c(s2)c(=O)n(-c2cncc4cnn(C)c24)c(=O)n3CCC#N)c(C)cc1Cl. The predicted octanol–water partition coefficient (Wildman–Crippen LogP) is 4.05. The van der Waals surface area contributed by atoms with Crippen LogP contribution in [0.4, 0.5) is 0 Å². The van der Waals surface area contributed by atoms with Crippen molar-refractivity contribution in [2.45, 2.75) is 19.9 Å². The largest absolute Gasteiger partial charge is 0.495 e. The first-order chi connectivity index (χ1) is 16.8. The van der Waals surface area contributed by atoms with Gasteiger partial charge in [-0.05, 0) is 36.2 Å². The smallest absolute Gasteiger partial charge is 0.336 e. The highest BCUT2D eigenvalue weighted by molar-refractivity contribution is 7.22. The number of hydrogen-bond donors (Lipinski definition) is 0. The molecule has 0 atom stereocenters. The van der Waals surface area contributed by atoms with Crippen molar-refractivity contribution in [3.05, 3.63) is 68.2 Å². The van der Waals surface area contributed by atoms with Crippen LogP contribution in [0.3, 0.4) is 0 Å². The summed E-state index contributed by atoms with van der Waals surface area (Å²) in [5, 5.41) is 14.6. The van der Waals surface area contributed by atoms with Gasteiger partial charge in [0, 0.05) is 30.1 Å². The lowest BCUT2D eigenvalue weighted by molar-refractivity contribution is 0.415. The second kappa shape index (κ2) is 8.69. The van der Waals surface area contributed by atoms with Gasteiger partial charge in [0.1, 0.15) is 10.4 Å². The average molecular weight is 507 g/mol. The standard InChI is InChI=1S/C24H19ClN6O3S/c1-13-7-16(25)19(34-3)8-15(13)20-9-17-22(35-20)23(32)31(24(33)30(17)6-4-5-26)18-12-27-10-14-11-28-29(2)21(14)18/h7-12H,4,6H2,1-3H3. The summed E-state index contributed by atoms with van der Waals surface area (Å²) in [6, 6.07) is 7.51. The van der Waals surface area contributed by atoms with Crippen molar-refractivity contribution in [1.82, 2.24) is 23.9 Å². The number of ether oxygens (including phenoxy) is 1. The molecule has 0 fully saturated rings. The first-order valence-electron chi connectivity index (χ1n) is 10.6. The van der Waals surface area contributed by atoms with Gasteiger partial charge in [0.25, 0.3) is 5.56 Å². The Morgan fingerprint density at radius 1 is 1.20 bits per heavy atom. The van der Waals surface area contributed by atoms with Crippen LogP contribution in [-0.4, -0.2) is 31.0 Å². The number of pyridine rings is 1. The molecule has 9 nitrogen and oxygen atoms in total. The van der Waals surface area contributed by atoms with Crippen molar-refractivity contribution in [3.63, 3.8) is 0 Å². The van der Waals surface area contributed by atoms with E-state index in [1.54, 1.807) is 30.2 Å². The first kappa shape index (κ1) is 22.8. The summed E-state index contributed by atoms with van der Waals surface area (Å²) < 4.78 is 9.96. The number of rotatable bonds is 5. The molecule has 0 spiro atoms. The quantitative estimate of drug-likeness (QED) is 0.356. The van der Waals surface area contributed by atoms with E-state index in [0.29, 0.717) is 37.6 Å². The number of benzene rings is 1. The molecule has 176 valence electrons. The van der Waals surface area contributed by atoms with Crippen LogP contribution in [0.1, 0.15) is 12.0 Å². The lowest BCUT2D eigenvalue weighted by Crippen LogP contribution is -2.38. The molecule has 0 aliphatic heterocycles. The van der Waals surface area contributed by atoms with E-state index < -0.39 is 11.2 Å². The molecule has 0 saturated carbocycles. The zero-order valence-corrected chi connectivity index (χ0v) is 20.6. The molecule has 4 heterocycles. The number of thiophene rings is 1. The Morgan fingerprint density at radius 3 is 2.74 bits per heavy atom. The number of nitrogens with zero attached hydrogens (tertiary/aromatic N) is 6. The van der Waals surface area contributed by atoms with Crippen LogP contribution < -0.4 is 16.0 Å². The molecule has 5 aromatic rings. The Morgan fingerprint density at radius 2 is 2.00 bits per heavy atom. The van der Waals surface area contributed by atoms with Gasteiger partial charge in [-0.3, -0.25) is 19.0 Å². The maximum absolute atomic E-state index is 13.8. The molecule has 35 heavy (non-hydrogen) atoms. The summed E-state index contributed by atoms with van der Waals surface area (Å²) in [4.78, 5) is 32.4. The van der Waals surface area contributed by atoms with E-state index in [-0.39, 0.29) is 13.0 Å². The van der Waals surface area contributed by atoms with Crippen LogP contribution in [0.2, 0.25) is 5.02 Å². The minimum absolute atomic E-state index is 0.111. The number of nitriles is 1. The minimum atomic E-state index is -0.539. The van der Waals surface area contributed by atoms with Gasteiger partial charge < -0.3 is 4.74 Å². The maximum atomic E-state index is 13.8. The van der Waals surface area contributed by atoms with Crippen LogP contribution in [0.5, 0.6) is 5.75 Å². The van der Waals surface area contributed by atoms with Crippen LogP contribution in [-0.2, 0) is 13.6 Å². The van der Waals surface area contributed by atoms with Crippen LogP contribution in [0, 0.1) is 18.3 Å². The van der Waals surface area contributed by atoms with Crippen molar-refractivity contribution >= 4 is 44.1 Å². The van der Waals surface area contributed by atoms with E-state index in [2.05, 4.69) is 16.2 Å². The summed E-state index contributed by atoms with van der Waals surface area (Å²) in [5.74, 6) is 0.512. The second-order valence-electron chi connectivity index (χ2n) is 7.97. The molecular weight excluding hydrogens is 488 g/mol.